The van der Waals surface area contributed by atoms with E-state index in [0.717, 1.165) is 68.0 Å². The summed E-state index contributed by atoms with van der Waals surface area (Å²) < 4.78 is 2.16. The van der Waals surface area contributed by atoms with Crippen LogP contribution in [0.2, 0.25) is 0 Å². The molecule has 6 nitrogen and oxygen atoms in total. The predicted molar refractivity (Wildman–Crippen MR) is 110 cm³/mol. The van der Waals surface area contributed by atoms with Crippen LogP contribution >= 0.6 is 0 Å². The number of hydrogen-bond acceptors (Lipinski definition) is 4. The maximum absolute atomic E-state index is 12.4. The quantitative estimate of drug-likeness (QED) is 0.717. The lowest BCUT2D eigenvalue weighted by atomic mass is 9.97. The van der Waals surface area contributed by atoms with Crippen LogP contribution in [0.15, 0.2) is 41.5 Å². The van der Waals surface area contributed by atoms with Crippen molar-refractivity contribution in [2.75, 3.05) is 13.6 Å². The van der Waals surface area contributed by atoms with E-state index in [1.165, 1.54) is 5.56 Å². The van der Waals surface area contributed by atoms with Crippen LogP contribution in [0.4, 0.5) is 0 Å². The topological polar surface area (TPSA) is 66.8 Å². The van der Waals surface area contributed by atoms with Gasteiger partial charge in [0.25, 0.3) is 5.56 Å². The van der Waals surface area contributed by atoms with Gasteiger partial charge in [-0.3, -0.25) is 4.79 Å². The maximum Gasteiger partial charge on any atom is 0.254 e. The van der Waals surface area contributed by atoms with Crippen molar-refractivity contribution in [1.82, 2.24) is 24.4 Å². The van der Waals surface area contributed by atoms with Crippen LogP contribution in [0.5, 0.6) is 0 Å². The number of nitrogens with zero attached hydrogens (tertiary/aromatic N) is 4. The Labute approximate surface area is 165 Å². The first-order valence-corrected chi connectivity index (χ1v) is 9.98. The van der Waals surface area contributed by atoms with Gasteiger partial charge in [-0.25, -0.2) is 9.97 Å². The molecule has 4 rings (SSSR count). The SMILES string of the molecule is Cc1nccn1CCN(C)Cc1ccc(-c2nc3c(c(=O)[nH]2)CCCC3)cc1. The van der Waals surface area contributed by atoms with Gasteiger partial charge in [0.1, 0.15) is 11.6 Å². The van der Waals surface area contributed by atoms with Crippen LogP contribution in [0, 0.1) is 6.92 Å². The van der Waals surface area contributed by atoms with Gasteiger partial charge >= 0.3 is 0 Å². The van der Waals surface area contributed by atoms with Gasteiger partial charge in [0.2, 0.25) is 0 Å². The molecular weight excluding hydrogens is 350 g/mol. The molecule has 0 aliphatic heterocycles. The molecule has 2 heterocycles. The molecule has 0 bridgehead atoms. The number of aryl methyl sites for hydroxylation is 2. The number of imidazole rings is 1. The zero-order valence-corrected chi connectivity index (χ0v) is 16.6. The summed E-state index contributed by atoms with van der Waals surface area (Å²) >= 11 is 0. The van der Waals surface area contributed by atoms with Gasteiger partial charge in [-0.15, -0.1) is 0 Å². The molecule has 0 radical (unpaired) electrons. The van der Waals surface area contributed by atoms with Gasteiger partial charge in [-0.05, 0) is 45.2 Å². The summed E-state index contributed by atoms with van der Waals surface area (Å²) in [4.78, 5) is 26.6. The van der Waals surface area contributed by atoms with E-state index in [2.05, 4.69) is 50.7 Å². The van der Waals surface area contributed by atoms with E-state index in [1.54, 1.807) is 0 Å². The predicted octanol–water partition coefficient (Wildman–Crippen LogP) is 2.95. The Morgan fingerprint density at radius 2 is 1.96 bits per heavy atom. The number of aromatic nitrogens is 4. The summed E-state index contributed by atoms with van der Waals surface area (Å²) in [7, 11) is 2.13. The molecule has 28 heavy (non-hydrogen) atoms. The molecule has 0 spiro atoms. The molecule has 146 valence electrons. The van der Waals surface area contributed by atoms with E-state index >= 15 is 0 Å². The van der Waals surface area contributed by atoms with Gasteiger partial charge < -0.3 is 14.5 Å². The Kier molecular flexibility index (Phi) is 5.39. The summed E-state index contributed by atoms with van der Waals surface area (Å²) in [5, 5.41) is 0. The standard InChI is InChI=1S/C22H27N5O/c1-16-23-11-12-27(16)14-13-26(2)15-17-7-9-18(10-8-17)21-24-20-6-4-3-5-19(20)22(28)25-21/h7-12H,3-6,13-15H2,1-2H3,(H,24,25,28). The van der Waals surface area contributed by atoms with E-state index in [9.17, 15) is 4.79 Å². The number of nitrogens with one attached hydrogen (secondary N) is 1. The molecule has 0 saturated heterocycles. The highest BCUT2D eigenvalue weighted by atomic mass is 16.1. The van der Waals surface area contributed by atoms with Crippen molar-refractivity contribution in [3.8, 4) is 11.4 Å². The lowest BCUT2D eigenvalue weighted by Crippen LogP contribution is -2.23. The van der Waals surface area contributed by atoms with E-state index < -0.39 is 0 Å². The van der Waals surface area contributed by atoms with Gasteiger partial charge in [-0.2, -0.15) is 0 Å². The van der Waals surface area contributed by atoms with Gasteiger partial charge in [0, 0.05) is 43.2 Å². The molecule has 3 aromatic rings. The molecule has 1 aromatic carbocycles. The third-order valence-corrected chi connectivity index (χ3v) is 5.52. The molecule has 0 fully saturated rings. The van der Waals surface area contributed by atoms with Crippen molar-refractivity contribution in [2.24, 2.45) is 0 Å². The minimum atomic E-state index is 0.0262. The third kappa shape index (κ3) is 4.07. The number of H-pyrrole nitrogens is 1. The second-order valence-electron chi connectivity index (χ2n) is 7.65. The first-order chi connectivity index (χ1) is 13.6. The highest BCUT2D eigenvalue weighted by Gasteiger charge is 2.16. The van der Waals surface area contributed by atoms with Crippen LogP contribution in [-0.2, 0) is 25.9 Å². The van der Waals surface area contributed by atoms with Gasteiger partial charge in [0.15, 0.2) is 0 Å². The van der Waals surface area contributed by atoms with E-state index in [-0.39, 0.29) is 5.56 Å². The lowest BCUT2D eigenvalue weighted by molar-refractivity contribution is 0.310. The normalized spacial score (nSPS) is 13.7. The molecule has 1 aliphatic rings. The smallest absolute Gasteiger partial charge is 0.254 e. The minimum Gasteiger partial charge on any atom is -0.334 e. The molecule has 0 amide bonds. The monoisotopic (exact) mass is 377 g/mol. The molecule has 0 saturated carbocycles. The Morgan fingerprint density at radius 3 is 2.71 bits per heavy atom. The molecule has 0 unspecified atom stereocenters. The average molecular weight is 377 g/mol. The highest BCUT2D eigenvalue weighted by molar-refractivity contribution is 5.55. The Bertz CT molecular complexity index is 1000. The molecule has 1 N–H and O–H groups in total. The number of fused-ring (bicyclic) bond motifs is 1. The molecule has 2 aromatic heterocycles. The fraction of sp³-hybridized carbons (Fsp3) is 0.409. The van der Waals surface area contributed by atoms with Crippen molar-refractivity contribution in [2.45, 2.75) is 45.7 Å². The summed E-state index contributed by atoms with van der Waals surface area (Å²) in [5.41, 5.74) is 4.09. The van der Waals surface area contributed by atoms with Crippen LogP contribution in [0.1, 0.15) is 35.5 Å². The van der Waals surface area contributed by atoms with Crippen LogP contribution in [-0.4, -0.2) is 38.0 Å². The first kappa shape index (κ1) is 18.6. The number of rotatable bonds is 6. The summed E-state index contributed by atoms with van der Waals surface area (Å²) in [6.07, 6.45) is 7.82. The van der Waals surface area contributed by atoms with Crippen LogP contribution in [0.3, 0.4) is 0 Å². The molecular formula is C22H27N5O. The van der Waals surface area contributed by atoms with Crippen molar-refractivity contribution in [3.05, 3.63) is 69.7 Å². The fourth-order valence-corrected chi connectivity index (χ4v) is 3.82. The Morgan fingerprint density at radius 1 is 1.18 bits per heavy atom. The van der Waals surface area contributed by atoms with Crippen LogP contribution in [0.25, 0.3) is 11.4 Å². The molecule has 0 atom stereocenters. The number of benzene rings is 1. The third-order valence-electron chi connectivity index (χ3n) is 5.52. The second-order valence-corrected chi connectivity index (χ2v) is 7.65. The Hall–Kier alpha value is -2.73. The molecule has 1 aliphatic carbocycles. The zero-order valence-electron chi connectivity index (χ0n) is 16.6. The van der Waals surface area contributed by atoms with Crippen LogP contribution < -0.4 is 5.56 Å². The number of aromatic amines is 1. The Balaban J connectivity index is 1.42. The maximum atomic E-state index is 12.4. The summed E-state index contributed by atoms with van der Waals surface area (Å²) in [6.45, 7) is 4.79. The van der Waals surface area contributed by atoms with Gasteiger partial charge in [-0.1, -0.05) is 24.3 Å². The van der Waals surface area contributed by atoms with E-state index in [1.807, 2.05) is 19.3 Å². The summed E-state index contributed by atoms with van der Waals surface area (Å²) in [5.74, 6) is 1.73. The minimum absolute atomic E-state index is 0.0262. The number of likely N-dealkylation sites (N-methyl/N-ethyl adjacent to an activating group) is 1. The summed E-state index contributed by atoms with van der Waals surface area (Å²) in [6, 6.07) is 8.34. The highest BCUT2D eigenvalue weighted by Crippen LogP contribution is 2.20. The van der Waals surface area contributed by atoms with Gasteiger partial charge in [0.05, 0.1) is 5.69 Å². The second kappa shape index (κ2) is 8.10. The van der Waals surface area contributed by atoms with Crippen molar-refractivity contribution in [1.29, 1.82) is 0 Å². The average Bonchev–Trinajstić information content (AvgIpc) is 3.12. The van der Waals surface area contributed by atoms with Crippen molar-refractivity contribution >= 4 is 0 Å². The van der Waals surface area contributed by atoms with E-state index in [4.69, 9.17) is 4.98 Å². The molecule has 6 heteroatoms. The fourth-order valence-electron chi connectivity index (χ4n) is 3.82. The lowest BCUT2D eigenvalue weighted by Gasteiger charge is -2.18. The largest absolute Gasteiger partial charge is 0.334 e. The first-order valence-electron chi connectivity index (χ1n) is 9.98. The number of hydrogen-bond donors (Lipinski definition) is 1. The van der Waals surface area contributed by atoms with Crippen molar-refractivity contribution in [3.63, 3.8) is 0 Å². The van der Waals surface area contributed by atoms with Crippen molar-refractivity contribution < 1.29 is 0 Å². The van der Waals surface area contributed by atoms with E-state index in [0.29, 0.717) is 5.82 Å². The zero-order chi connectivity index (χ0) is 19.5.